The second kappa shape index (κ2) is 7.06. The fourth-order valence-corrected chi connectivity index (χ4v) is 5.85. The van der Waals surface area contributed by atoms with Crippen LogP contribution in [0.3, 0.4) is 0 Å². The van der Waals surface area contributed by atoms with Crippen LogP contribution in [0, 0.1) is 35.5 Å². The van der Waals surface area contributed by atoms with Crippen LogP contribution in [0.5, 0.6) is 5.75 Å². The third kappa shape index (κ3) is 2.94. The van der Waals surface area contributed by atoms with Crippen LogP contribution >= 0.6 is 11.6 Å². The normalized spacial score (nSPS) is 32.5. The summed E-state index contributed by atoms with van der Waals surface area (Å²) < 4.78 is 5.96. The number of halogens is 1. The van der Waals surface area contributed by atoms with E-state index in [1.165, 1.54) is 0 Å². The van der Waals surface area contributed by atoms with Crippen LogP contribution in [0.2, 0.25) is 5.02 Å². The monoisotopic (exact) mass is 432 g/mol. The first kappa shape index (κ1) is 18.8. The second-order valence-corrected chi connectivity index (χ2v) is 9.21. The van der Waals surface area contributed by atoms with Gasteiger partial charge in [-0.15, -0.1) is 0 Å². The lowest BCUT2D eigenvalue weighted by molar-refractivity contribution is -0.140. The zero-order chi connectivity index (χ0) is 21.1. The van der Waals surface area contributed by atoms with E-state index in [0.717, 1.165) is 17.0 Å². The summed E-state index contributed by atoms with van der Waals surface area (Å²) >= 11 is 6.22. The van der Waals surface area contributed by atoms with Gasteiger partial charge in [0.25, 0.3) is 11.8 Å². The SMILES string of the molecule is O=C1[C@@H]2[C@H]3C=C[C@@H]([C@@H]4C[C@H]34)[C@@H]2C(=O)N1/N=C\c1ccccc1OCc1ccccc1Cl. The molecule has 6 heteroatoms. The van der Waals surface area contributed by atoms with Crippen LogP contribution in [-0.4, -0.2) is 23.0 Å². The molecule has 0 N–H and O–H groups in total. The molecule has 5 nitrogen and oxygen atoms in total. The van der Waals surface area contributed by atoms with E-state index in [1.807, 2.05) is 48.5 Å². The number of hydrogen-bond donors (Lipinski definition) is 0. The van der Waals surface area contributed by atoms with Crippen molar-refractivity contribution < 1.29 is 14.3 Å². The summed E-state index contributed by atoms with van der Waals surface area (Å²) in [6.45, 7) is 0.314. The van der Waals surface area contributed by atoms with Crippen molar-refractivity contribution >= 4 is 29.6 Å². The number of hydrazone groups is 1. The first-order valence-corrected chi connectivity index (χ1v) is 11.1. The van der Waals surface area contributed by atoms with Crippen LogP contribution in [0.1, 0.15) is 17.5 Å². The fourth-order valence-electron chi connectivity index (χ4n) is 5.66. The molecule has 1 saturated heterocycles. The van der Waals surface area contributed by atoms with E-state index >= 15 is 0 Å². The van der Waals surface area contributed by atoms with Crippen LogP contribution in [0.25, 0.3) is 0 Å². The Morgan fingerprint density at radius 2 is 1.61 bits per heavy atom. The quantitative estimate of drug-likeness (QED) is 0.402. The van der Waals surface area contributed by atoms with Gasteiger partial charge in [-0.2, -0.15) is 10.1 Å². The molecule has 0 radical (unpaired) electrons. The molecule has 0 unspecified atom stereocenters. The number of carbonyl (C=O) groups is 2. The summed E-state index contributed by atoms with van der Waals surface area (Å²) in [6.07, 6.45) is 7.02. The van der Waals surface area contributed by atoms with E-state index in [9.17, 15) is 9.59 Å². The molecule has 2 bridgehead atoms. The number of allylic oxidation sites excluding steroid dienone is 2. The minimum atomic E-state index is -0.241. The summed E-state index contributed by atoms with van der Waals surface area (Å²) in [4.78, 5) is 26.1. The van der Waals surface area contributed by atoms with Crippen molar-refractivity contribution in [1.29, 1.82) is 0 Å². The van der Waals surface area contributed by atoms with E-state index in [0.29, 0.717) is 34.8 Å². The van der Waals surface area contributed by atoms with Gasteiger partial charge in [0, 0.05) is 16.1 Å². The maximum absolute atomic E-state index is 13.1. The summed E-state index contributed by atoms with van der Waals surface area (Å²) in [7, 11) is 0. The lowest BCUT2D eigenvalue weighted by Gasteiger charge is -2.37. The standard InChI is InChI=1S/C25H21ClN2O3/c26-20-7-3-1-6-15(20)13-31-21-8-4-2-5-14(21)12-27-28-24(29)22-16-9-10-17(19-11-18(16)19)23(22)25(28)30/h1-10,12,16-19,22-23H,11,13H2/b27-12-/t16-,17-,18-,19+,22-,23+/m0/s1. The van der Waals surface area contributed by atoms with Gasteiger partial charge in [0.15, 0.2) is 0 Å². The Bertz CT molecular complexity index is 1110. The van der Waals surface area contributed by atoms with E-state index in [2.05, 4.69) is 17.3 Å². The van der Waals surface area contributed by atoms with Gasteiger partial charge >= 0.3 is 0 Å². The summed E-state index contributed by atoms with van der Waals surface area (Å²) in [5, 5.41) is 6.06. The topological polar surface area (TPSA) is 59.0 Å². The molecule has 2 saturated carbocycles. The van der Waals surface area contributed by atoms with Crippen molar-refractivity contribution in [3.63, 3.8) is 0 Å². The lowest BCUT2D eigenvalue weighted by atomic mass is 9.63. The fraction of sp³-hybridized carbons (Fsp3) is 0.320. The highest BCUT2D eigenvalue weighted by Crippen LogP contribution is 2.65. The maximum Gasteiger partial charge on any atom is 0.254 e. The number of carbonyl (C=O) groups excluding carboxylic acids is 2. The van der Waals surface area contributed by atoms with Gasteiger partial charge in [-0.3, -0.25) is 9.59 Å². The predicted molar refractivity (Wildman–Crippen MR) is 116 cm³/mol. The zero-order valence-corrected chi connectivity index (χ0v) is 17.5. The molecular formula is C25H21ClN2O3. The highest BCUT2D eigenvalue weighted by molar-refractivity contribution is 6.31. The first-order chi connectivity index (χ1) is 15.1. The zero-order valence-electron chi connectivity index (χ0n) is 16.7. The van der Waals surface area contributed by atoms with Gasteiger partial charge in [-0.25, -0.2) is 0 Å². The Balaban J connectivity index is 1.22. The highest BCUT2D eigenvalue weighted by Gasteiger charge is 2.67. The van der Waals surface area contributed by atoms with Crippen LogP contribution in [0.4, 0.5) is 0 Å². The number of benzene rings is 2. The Morgan fingerprint density at radius 1 is 0.968 bits per heavy atom. The average Bonchev–Trinajstić information content (AvgIpc) is 3.57. The Hall–Kier alpha value is -2.92. The molecule has 5 aliphatic rings. The van der Waals surface area contributed by atoms with E-state index < -0.39 is 0 Å². The molecule has 2 aromatic carbocycles. The molecule has 31 heavy (non-hydrogen) atoms. The summed E-state index contributed by atoms with van der Waals surface area (Å²) in [5.74, 6) is 1.37. The summed E-state index contributed by atoms with van der Waals surface area (Å²) in [6, 6.07) is 14.9. The Morgan fingerprint density at radius 3 is 2.32 bits per heavy atom. The van der Waals surface area contributed by atoms with Crippen LogP contribution < -0.4 is 4.74 Å². The highest BCUT2D eigenvalue weighted by atomic mass is 35.5. The van der Waals surface area contributed by atoms with Crippen LogP contribution in [-0.2, 0) is 16.2 Å². The molecule has 0 spiro atoms. The van der Waals surface area contributed by atoms with Gasteiger partial charge in [0.05, 0.1) is 18.1 Å². The molecule has 2 amide bonds. The van der Waals surface area contributed by atoms with Gasteiger partial charge < -0.3 is 4.74 Å². The molecular weight excluding hydrogens is 412 g/mol. The van der Waals surface area contributed by atoms with Crippen molar-refractivity contribution in [3.8, 4) is 5.75 Å². The van der Waals surface area contributed by atoms with Gasteiger partial charge in [-0.1, -0.05) is 54.1 Å². The third-order valence-corrected chi connectivity index (χ3v) is 7.58. The molecule has 7 rings (SSSR count). The number of rotatable bonds is 5. The van der Waals surface area contributed by atoms with E-state index in [-0.39, 0.29) is 35.5 Å². The van der Waals surface area contributed by atoms with Crippen molar-refractivity contribution in [3.05, 3.63) is 76.8 Å². The van der Waals surface area contributed by atoms with Crippen molar-refractivity contribution in [2.45, 2.75) is 13.0 Å². The minimum absolute atomic E-state index is 0.162. The van der Waals surface area contributed by atoms with Gasteiger partial charge in [0.1, 0.15) is 12.4 Å². The number of nitrogens with zero attached hydrogens (tertiary/aromatic N) is 2. The molecule has 6 atom stereocenters. The molecule has 0 aromatic heterocycles. The van der Waals surface area contributed by atoms with Crippen molar-refractivity contribution in [1.82, 2.24) is 5.01 Å². The van der Waals surface area contributed by atoms with E-state index in [1.54, 1.807) is 6.21 Å². The molecule has 3 fully saturated rings. The second-order valence-electron chi connectivity index (χ2n) is 8.81. The number of ether oxygens (including phenoxy) is 1. The van der Waals surface area contributed by atoms with Gasteiger partial charge in [0.2, 0.25) is 0 Å². The minimum Gasteiger partial charge on any atom is -0.488 e. The number of hydrogen-bond acceptors (Lipinski definition) is 4. The largest absolute Gasteiger partial charge is 0.488 e. The first-order valence-electron chi connectivity index (χ1n) is 10.7. The molecule has 1 heterocycles. The average molecular weight is 433 g/mol. The maximum atomic E-state index is 13.1. The van der Waals surface area contributed by atoms with Crippen LogP contribution in [0.15, 0.2) is 65.8 Å². The predicted octanol–water partition coefficient (Wildman–Crippen LogP) is 4.31. The smallest absolute Gasteiger partial charge is 0.254 e. The molecule has 4 aliphatic carbocycles. The third-order valence-electron chi connectivity index (χ3n) is 7.21. The number of amides is 2. The van der Waals surface area contributed by atoms with Gasteiger partial charge in [-0.05, 0) is 48.3 Å². The Kier molecular flexibility index (Phi) is 4.29. The van der Waals surface area contributed by atoms with E-state index in [4.69, 9.17) is 16.3 Å². The lowest BCUT2D eigenvalue weighted by Crippen LogP contribution is -2.40. The number of para-hydroxylation sites is 1. The molecule has 1 aliphatic heterocycles. The summed E-state index contributed by atoms with van der Waals surface area (Å²) in [5.41, 5.74) is 1.58. The number of imide groups is 1. The van der Waals surface area contributed by atoms with Crippen molar-refractivity contribution in [2.75, 3.05) is 0 Å². The Labute approximate surface area is 185 Å². The van der Waals surface area contributed by atoms with Crippen molar-refractivity contribution in [2.24, 2.45) is 40.6 Å². The molecule has 2 aromatic rings. The molecule has 156 valence electrons.